The van der Waals surface area contributed by atoms with Crippen molar-refractivity contribution in [2.45, 2.75) is 17.9 Å². The van der Waals surface area contributed by atoms with Crippen LogP contribution >= 0.6 is 11.8 Å². The van der Waals surface area contributed by atoms with Crippen LogP contribution in [-0.2, 0) is 5.75 Å². The molecule has 1 atom stereocenters. The molecule has 1 aromatic carbocycles. The molecule has 0 radical (unpaired) electrons. The Morgan fingerprint density at radius 1 is 1.31 bits per heavy atom. The molecule has 6 nitrogen and oxygen atoms in total. The number of nitrogen functional groups attached to an aromatic ring is 2. The molecule has 2 aromatic heterocycles. The topological polar surface area (TPSA) is 111 Å². The van der Waals surface area contributed by atoms with E-state index in [2.05, 4.69) is 11.1 Å². The molecule has 0 bridgehead atoms. The van der Waals surface area contributed by atoms with Crippen molar-refractivity contribution in [2.24, 2.45) is 0 Å². The molecule has 1 aliphatic rings. The number of fused-ring (bicyclic) bond motifs is 2. The molecule has 130 valence electrons. The van der Waals surface area contributed by atoms with Gasteiger partial charge in [0.05, 0.1) is 28.5 Å². The molecule has 3 aromatic rings. The van der Waals surface area contributed by atoms with E-state index in [0.29, 0.717) is 22.9 Å². The van der Waals surface area contributed by atoms with Crippen molar-refractivity contribution in [2.75, 3.05) is 11.5 Å². The van der Waals surface area contributed by atoms with Gasteiger partial charge in [0.2, 0.25) is 5.88 Å². The number of aromatic nitrogens is 1. The minimum atomic E-state index is -0.140. The molecule has 0 spiro atoms. The predicted octanol–water partition coefficient (Wildman–Crippen LogP) is 4.15. The summed E-state index contributed by atoms with van der Waals surface area (Å²) in [5, 5.41) is 9.25. The Morgan fingerprint density at radius 2 is 2.15 bits per heavy atom. The molecule has 1 unspecified atom stereocenters. The predicted molar refractivity (Wildman–Crippen MR) is 101 cm³/mol. The third-order valence-corrected chi connectivity index (χ3v) is 5.54. The van der Waals surface area contributed by atoms with Gasteiger partial charge in [-0.2, -0.15) is 10.2 Å². The van der Waals surface area contributed by atoms with Crippen LogP contribution in [-0.4, -0.2) is 4.98 Å². The number of benzene rings is 1. The number of hydrogen-bond acceptors (Lipinski definition) is 7. The number of rotatable bonds is 3. The van der Waals surface area contributed by atoms with Crippen molar-refractivity contribution >= 4 is 23.3 Å². The molecule has 4 N–H and O–H groups in total. The summed E-state index contributed by atoms with van der Waals surface area (Å²) in [7, 11) is 0. The van der Waals surface area contributed by atoms with Gasteiger partial charge in [-0.1, -0.05) is 17.7 Å². The number of hydrogen-bond donors (Lipinski definition) is 2. The fourth-order valence-corrected chi connectivity index (χ4v) is 4.27. The quantitative estimate of drug-likeness (QED) is 0.718. The molecular weight excluding hydrogens is 348 g/mol. The normalized spacial score (nSPS) is 14.8. The number of pyridine rings is 1. The summed E-state index contributed by atoms with van der Waals surface area (Å²) in [5.74, 6) is 2.66. The second-order valence-corrected chi connectivity index (χ2v) is 7.12. The second kappa shape index (κ2) is 6.32. The smallest absolute Gasteiger partial charge is 0.228 e. The molecule has 26 heavy (non-hydrogen) atoms. The van der Waals surface area contributed by atoms with Crippen LogP contribution in [0.15, 0.2) is 41.0 Å². The molecular formula is C19H16N4O2S. The average Bonchev–Trinajstić information content (AvgIpc) is 3.13. The number of thioether (sulfide) groups is 1. The monoisotopic (exact) mass is 364 g/mol. The van der Waals surface area contributed by atoms with Crippen LogP contribution in [0.5, 0.6) is 11.6 Å². The van der Waals surface area contributed by atoms with Gasteiger partial charge in [-0.05, 0) is 25.1 Å². The summed E-state index contributed by atoms with van der Waals surface area (Å²) in [5.41, 5.74) is 15.5. The molecule has 0 aliphatic carbocycles. The number of anilines is 2. The van der Waals surface area contributed by atoms with E-state index in [9.17, 15) is 5.26 Å². The first-order valence-corrected chi connectivity index (χ1v) is 9.04. The van der Waals surface area contributed by atoms with E-state index in [1.165, 1.54) is 0 Å². The summed E-state index contributed by atoms with van der Waals surface area (Å²) < 4.78 is 11.4. The van der Waals surface area contributed by atoms with E-state index >= 15 is 0 Å². The second-order valence-electron chi connectivity index (χ2n) is 6.03. The van der Waals surface area contributed by atoms with Crippen LogP contribution in [0, 0.1) is 18.3 Å². The largest absolute Gasteiger partial charge is 0.468 e. The van der Waals surface area contributed by atoms with Gasteiger partial charge in [-0.15, -0.1) is 11.8 Å². The summed E-state index contributed by atoms with van der Waals surface area (Å²) in [6.45, 7) is 2.02. The van der Waals surface area contributed by atoms with Gasteiger partial charge in [0, 0.05) is 5.56 Å². The van der Waals surface area contributed by atoms with Gasteiger partial charge < -0.3 is 20.6 Å². The Labute approximate surface area is 154 Å². The van der Waals surface area contributed by atoms with E-state index in [1.807, 2.05) is 37.3 Å². The van der Waals surface area contributed by atoms with E-state index < -0.39 is 0 Å². The van der Waals surface area contributed by atoms with Crippen LogP contribution in [0.4, 0.5) is 11.5 Å². The zero-order valence-electron chi connectivity index (χ0n) is 14.0. The molecule has 1 aliphatic heterocycles. The lowest BCUT2D eigenvalue weighted by molar-refractivity contribution is 0.440. The van der Waals surface area contributed by atoms with Gasteiger partial charge in [-0.25, -0.2) is 0 Å². The van der Waals surface area contributed by atoms with Crippen LogP contribution in [0.2, 0.25) is 0 Å². The minimum Gasteiger partial charge on any atom is -0.468 e. The Morgan fingerprint density at radius 3 is 2.88 bits per heavy atom. The highest BCUT2D eigenvalue weighted by atomic mass is 32.2. The summed E-state index contributed by atoms with van der Waals surface area (Å²) in [6, 6.07) is 11.8. The first-order valence-electron chi connectivity index (χ1n) is 7.99. The zero-order valence-corrected chi connectivity index (χ0v) is 14.8. The Kier molecular flexibility index (Phi) is 3.98. The fourth-order valence-electron chi connectivity index (χ4n) is 3.02. The van der Waals surface area contributed by atoms with Crippen molar-refractivity contribution in [1.82, 2.24) is 4.98 Å². The maximum absolute atomic E-state index is 9.39. The SMILES string of the molecule is Cc1ccc2c(c1)C(SCc1ccco1)c1c(nc(N)c(C#N)c1N)O2. The highest BCUT2D eigenvalue weighted by Gasteiger charge is 2.33. The maximum atomic E-state index is 9.39. The van der Waals surface area contributed by atoms with E-state index in [0.717, 1.165) is 22.6 Å². The zero-order chi connectivity index (χ0) is 18.3. The molecule has 0 amide bonds. The molecule has 0 fully saturated rings. The average molecular weight is 364 g/mol. The molecule has 4 rings (SSSR count). The lowest BCUT2D eigenvalue weighted by Crippen LogP contribution is -2.15. The number of nitriles is 1. The third-order valence-electron chi connectivity index (χ3n) is 4.27. The van der Waals surface area contributed by atoms with Crippen LogP contribution in [0.3, 0.4) is 0 Å². The molecule has 3 heterocycles. The summed E-state index contributed by atoms with van der Waals surface area (Å²) in [4.78, 5) is 4.28. The lowest BCUT2D eigenvalue weighted by Gasteiger charge is -2.29. The third kappa shape index (κ3) is 2.65. The van der Waals surface area contributed by atoms with Gasteiger partial charge in [0.15, 0.2) is 0 Å². The van der Waals surface area contributed by atoms with Gasteiger partial charge in [0.1, 0.15) is 29.0 Å². The molecule has 7 heteroatoms. The highest BCUT2D eigenvalue weighted by Crippen LogP contribution is 2.52. The summed E-state index contributed by atoms with van der Waals surface area (Å²) in [6.07, 6.45) is 1.65. The van der Waals surface area contributed by atoms with Gasteiger partial charge in [0.25, 0.3) is 0 Å². The first kappa shape index (κ1) is 16.4. The fraction of sp³-hybridized carbons (Fsp3) is 0.158. The van der Waals surface area contributed by atoms with Gasteiger partial charge >= 0.3 is 0 Å². The summed E-state index contributed by atoms with van der Waals surface area (Å²) >= 11 is 1.64. The van der Waals surface area contributed by atoms with Crippen LogP contribution in [0.25, 0.3) is 0 Å². The number of nitrogens with two attached hydrogens (primary N) is 2. The Bertz CT molecular complexity index is 1030. The lowest BCUT2D eigenvalue weighted by atomic mass is 9.97. The Hall–Kier alpha value is -3.11. The van der Waals surface area contributed by atoms with Crippen molar-refractivity contribution in [3.8, 4) is 17.7 Å². The van der Waals surface area contributed by atoms with E-state index in [-0.39, 0.29) is 16.6 Å². The Balaban J connectivity index is 1.85. The first-order chi connectivity index (χ1) is 12.6. The van der Waals surface area contributed by atoms with Crippen molar-refractivity contribution in [3.05, 3.63) is 64.6 Å². The standard InChI is InChI=1S/C19H16N4O2S/c1-10-4-5-14-12(7-10)17(26-9-11-3-2-6-24-11)15-16(21)13(8-20)18(22)23-19(15)25-14/h2-7,17H,9H2,1H3,(H4,21,22,23). The van der Waals surface area contributed by atoms with Crippen molar-refractivity contribution in [3.63, 3.8) is 0 Å². The minimum absolute atomic E-state index is 0.0779. The van der Waals surface area contributed by atoms with Crippen molar-refractivity contribution in [1.29, 1.82) is 5.26 Å². The molecule has 0 saturated carbocycles. The number of furan rings is 1. The van der Waals surface area contributed by atoms with Crippen molar-refractivity contribution < 1.29 is 9.15 Å². The van der Waals surface area contributed by atoms with Gasteiger partial charge in [-0.3, -0.25) is 0 Å². The maximum Gasteiger partial charge on any atom is 0.228 e. The van der Waals surface area contributed by atoms with E-state index in [1.54, 1.807) is 18.0 Å². The van der Waals surface area contributed by atoms with E-state index in [4.69, 9.17) is 20.6 Å². The molecule has 0 saturated heterocycles. The number of ether oxygens (including phenoxy) is 1. The number of aryl methyl sites for hydroxylation is 1. The highest BCUT2D eigenvalue weighted by molar-refractivity contribution is 7.99. The van der Waals surface area contributed by atoms with Crippen LogP contribution in [0.1, 0.15) is 33.3 Å². The van der Waals surface area contributed by atoms with Crippen LogP contribution < -0.4 is 16.2 Å². The number of nitrogens with zero attached hydrogens (tertiary/aromatic N) is 2.